The molecule has 1 fully saturated rings. The standard InChI is InChI=1S/C13H21N3OS/c1-4-10-7-14-12(17-10)8-15-13-16-11(9(2)3)5-6-18-13/h7,9,11H,4-6,8H2,1-3H3,(H,15,16). The van der Waals surface area contributed by atoms with Crippen molar-refractivity contribution in [1.82, 2.24) is 10.3 Å². The molecule has 0 radical (unpaired) electrons. The van der Waals surface area contributed by atoms with Crippen molar-refractivity contribution in [2.45, 2.75) is 46.2 Å². The summed E-state index contributed by atoms with van der Waals surface area (Å²) in [5, 5.41) is 4.51. The molecular formula is C13H21N3OS. The van der Waals surface area contributed by atoms with Crippen LogP contribution in [0.2, 0.25) is 0 Å². The first-order valence-electron chi connectivity index (χ1n) is 6.56. The predicted molar refractivity (Wildman–Crippen MR) is 75.9 cm³/mol. The zero-order valence-electron chi connectivity index (χ0n) is 11.3. The van der Waals surface area contributed by atoms with E-state index in [-0.39, 0.29) is 0 Å². The number of nitrogens with zero attached hydrogens (tertiary/aromatic N) is 2. The van der Waals surface area contributed by atoms with Gasteiger partial charge in [0.15, 0.2) is 5.17 Å². The summed E-state index contributed by atoms with van der Waals surface area (Å²) in [6.45, 7) is 7.07. The number of rotatable bonds is 4. The largest absolute Gasteiger partial charge is 0.444 e. The Morgan fingerprint density at radius 1 is 1.61 bits per heavy atom. The van der Waals surface area contributed by atoms with E-state index in [1.807, 2.05) is 0 Å². The number of amidine groups is 1. The fourth-order valence-electron chi connectivity index (χ4n) is 1.87. The zero-order chi connectivity index (χ0) is 13.0. The van der Waals surface area contributed by atoms with Crippen LogP contribution in [0, 0.1) is 5.92 Å². The van der Waals surface area contributed by atoms with Crippen molar-refractivity contribution < 1.29 is 4.42 Å². The van der Waals surface area contributed by atoms with Gasteiger partial charge in [-0.25, -0.2) is 4.98 Å². The van der Waals surface area contributed by atoms with Crippen LogP contribution in [0.3, 0.4) is 0 Å². The van der Waals surface area contributed by atoms with Gasteiger partial charge in [-0.05, 0) is 12.3 Å². The summed E-state index contributed by atoms with van der Waals surface area (Å²) in [7, 11) is 0. The zero-order valence-corrected chi connectivity index (χ0v) is 12.1. The third-order valence-corrected chi connectivity index (χ3v) is 4.05. The highest BCUT2D eigenvalue weighted by molar-refractivity contribution is 8.13. The number of thioether (sulfide) groups is 1. The number of nitrogens with one attached hydrogen (secondary N) is 1. The minimum Gasteiger partial charge on any atom is -0.444 e. The molecule has 1 unspecified atom stereocenters. The Morgan fingerprint density at radius 2 is 2.44 bits per heavy atom. The molecule has 1 aromatic rings. The lowest BCUT2D eigenvalue weighted by Gasteiger charge is -2.28. The van der Waals surface area contributed by atoms with Crippen LogP contribution in [-0.4, -0.2) is 21.9 Å². The topological polar surface area (TPSA) is 50.4 Å². The Kier molecular flexibility index (Phi) is 4.69. The van der Waals surface area contributed by atoms with Crippen LogP contribution in [0.25, 0.3) is 0 Å². The summed E-state index contributed by atoms with van der Waals surface area (Å²) < 4.78 is 5.54. The first-order valence-corrected chi connectivity index (χ1v) is 7.55. The Labute approximate surface area is 113 Å². The minimum atomic E-state index is 0.528. The molecular weight excluding hydrogens is 246 g/mol. The second-order valence-corrected chi connectivity index (χ2v) is 5.91. The summed E-state index contributed by atoms with van der Waals surface area (Å²) in [5.41, 5.74) is 0. The fraction of sp³-hybridized carbons (Fsp3) is 0.692. The van der Waals surface area contributed by atoms with Gasteiger partial charge in [-0.1, -0.05) is 32.5 Å². The molecule has 18 heavy (non-hydrogen) atoms. The molecule has 2 heterocycles. The van der Waals surface area contributed by atoms with Crippen LogP contribution in [-0.2, 0) is 13.0 Å². The van der Waals surface area contributed by atoms with E-state index in [1.54, 1.807) is 18.0 Å². The molecule has 1 N–H and O–H groups in total. The van der Waals surface area contributed by atoms with Gasteiger partial charge in [-0.3, -0.25) is 4.99 Å². The normalized spacial score (nSPS) is 22.4. The Hall–Kier alpha value is -0.970. The maximum atomic E-state index is 5.54. The molecule has 0 aliphatic carbocycles. The van der Waals surface area contributed by atoms with Crippen LogP contribution in [0.1, 0.15) is 38.8 Å². The van der Waals surface area contributed by atoms with Gasteiger partial charge in [0.2, 0.25) is 5.89 Å². The summed E-state index contributed by atoms with van der Waals surface area (Å²) in [4.78, 5) is 8.76. The lowest BCUT2D eigenvalue weighted by molar-refractivity contribution is 0.440. The van der Waals surface area contributed by atoms with Crippen LogP contribution in [0.15, 0.2) is 15.6 Å². The Bertz CT molecular complexity index is 414. The third-order valence-electron chi connectivity index (χ3n) is 3.09. The van der Waals surface area contributed by atoms with Crippen LogP contribution < -0.4 is 5.32 Å². The maximum absolute atomic E-state index is 5.54. The molecule has 100 valence electrons. The molecule has 5 heteroatoms. The predicted octanol–water partition coefficient (Wildman–Crippen LogP) is 2.84. The smallest absolute Gasteiger partial charge is 0.216 e. The molecule has 1 atom stereocenters. The van der Waals surface area contributed by atoms with Crippen molar-refractivity contribution in [3.05, 3.63) is 17.8 Å². The molecule has 0 amide bonds. The molecule has 4 nitrogen and oxygen atoms in total. The summed E-state index contributed by atoms with van der Waals surface area (Å²) in [5.74, 6) is 3.41. The summed E-state index contributed by atoms with van der Waals surface area (Å²) >= 11 is 1.79. The number of hydrogen-bond donors (Lipinski definition) is 1. The fourth-order valence-corrected chi connectivity index (χ4v) is 2.83. The molecule has 1 aliphatic heterocycles. The monoisotopic (exact) mass is 267 g/mol. The average Bonchev–Trinajstić information content (AvgIpc) is 2.84. The van der Waals surface area contributed by atoms with E-state index in [2.05, 4.69) is 36.1 Å². The van der Waals surface area contributed by atoms with Crippen molar-refractivity contribution in [2.24, 2.45) is 10.9 Å². The second-order valence-electron chi connectivity index (χ2n) is 4.83. The van der Waals surface area contributed by atoms with E-state index >= 15 is 0 Å². The molecule has 0 aromatic carbocycles. The van der Waals surface area contributed by atoms with Gasteiger partial charge in [0.25, 0.3) is 0 Å². The van der Waals surface area contributed by atoms with Crippen molar-refractivity contribution >= 4 is 16.9 Å². The van der Waals surface area contributed by atoms with Gasteiger partial charge in [-0.2, -0.15) is 0 Å². The van der Waals surface area contributed by atoms with E-state index in [4.69, 9.17) is 4.42 Å². The number of aliphatic imine (C=N–C) groups is 1. The number of aromatic nitrogens is 1. The Morgan fingerprint density at radius 3 is 3.11 bits per heavy atom. The van der Waals surface area contributed by atoms with Gasteiger partial charge >= 0.3 is 0 Å². The van der Waals surface area contributed by atoms with E-state index < -0.39 is 0 Å². The lowest BCUT2D eigenvalue weighted by atomic mass is 10.0. The molecule has 1 saturated heterocycles. The van der Waals surface area contributed by atoms with E-state index in [0.717, 1.165) is 23.1 Å². The van der Waals surface area contributed by atoms with Crippen LogP contribution in [0.4, 0.5) is 0 Å². The first kappa shape index (κ1) is 13.5. The van der Waals surface area contributed by atoms with E-state index in [9.17, 15) is 0 Å². The van der Waals surface area contributed by atoms with Gasteiger partial charge in [0.05, 0.1) is 6.20 Å². The molecule has 0 spiro atoms. The number of oxazole rings is 1. The van der Waals surface area contributed by atoms with Gasteiger partial charge in [0.1, 0.15) is 12.3 Å². The van der Waals surface area contributed by atoms with Gasteiger partial charge in [0, 0.05) is 18.2 Å². The highest BCUT2D eigenvalue weighted by Gasteiger charge is 2.20. The SMILES string of the molecule is CCc1cnc(CN=C2NC(C(C)C)CCS2)o1. The van der Waals surface area contributed by atoms with Crippen molar-refractivity contribution in [2.75, 3.05) is 5.75 Å². The first-order chi connectivity index (χ1) is 8.69. The lowest BCUT2D eigenvalue weighted by Crippen LogP contribution is -2.41. The highest BCUT2D eigenvalue weighted by Crippen LogP contribution is 2.19. The average molecular weight is 267 g/mol. The summed E-state index contributed by atoms with van der Waals surface area (Å²) in [6, 6.07) is 0.542. The molecule has 1 aliphatic rings. The quantitative estimate of drug-likeness (QED) is 0.911. The molecule has 0 bridgehead atoms. The minimum absolute atomic E-state index is 0.528. The summed E-state index contributed by atoms with van der Waals surface area (Å²) in [6.07, 6.45) is 3.88. The molecule has 2 rings (SSSR count). The van der Waals surface area contributed by atoms with Crippen LogP contribution in [0.5, 0.6) is 0 Å². The highest BCUT2D eigenvalue weighted by atomic mass is 32.2. The Balaban J connectivity index is 1.92. The van der Waals surface area contributed by atoms with Crippen molar-refractivity contribution in [3.8, 4) is 0 Å². The second kappa shape index (κ2) is 6.27. The van der Waals surface area contributed by atoms with Crippen LogP contribution >= 0.6 is 11.8 Å². The van der Waals surface area contributed by atoms with Crippen molar-refractivity contribution in [1.29, 1.82) is 0 Å². The third kappa shape index (κ3) is 3.51. The van der Waals surface area contributed by atoms with Gasteiger partial charge in [-0.15, -0.1) is 0 Å². The van der Waals surface area contributed by atoms with E-state index in [0.29, 0.717) is 24.4 Å². The maximum Gasteiger partial charge on any atom is 0.216 e. The molecule has 0 saturated carbocycles. The van der Waals surface area contributed by atoms with Gasteiger partial charge < -0.3 is 9.73 Å². The van der Waals surface area contributed by atoms with Crippen molar-refractivity contribution in [3.63, 3.8) is 0 Å². The number of hydrogen-bond acceptors (Lipinski definition) is 4. The number of aryl methyl sites for hydroxylation is 1. The van der Waals surface area contributed by atoms with E-state index in [1.165, 1.54) is 6.42 Å². The molecule has 1 aromatic heterocycles.